The smallest absolute Gasteiger partial charge is 0.228 e. The number of aliphatic imine (C=N–C) groups is 1. The summed E-state index contributed by atoms with van der Waals surface area (Å²) in [5, 5.41) is 11.2. The average molecular weight is 542 g/mol. The molecule has 0 aliphatic rings. The van der Waals surface area contributed by atoms with Crippen LogP contribution in [0.2, 0.25) is 5.02 Å². The number of aromatic nitrogens is 2. The van der Waals surface area contributed by atoms with Crippen LogP contribution in [0.5, 0.6) is 5.75 Å². The Hall–Kier alpha value is -2.33. The van der Waals surface area contributed by atoms with E-state index in [-0.39, 0.29) is 24.0 Å². The molecule has 0 saturated heterocycles. The van der Waals surface area contributed by atoms with Crippen LogP contribution in [0.4, 0.5) is 0 Å². The zero-order chi connectivity index (χ0) is 20.5. The molecule has 7 nitrogen and oxygen atoms in total. The lowest BCUT2D eigenvalue weighted by atomic mass is 10.2. The molecule has 0 aliphatic carbocycles. The molecule has 2 N–H and O–H groups in total. The maximum atomic E-state index is 5.91. The number of nitrogens with one attached hydrogen (secondary N) is 2. The number of hydrogen-bond acceptors (Lipinski definition) is 5. The summed E-state index contributed by atoms with van der Waals surface area (Å²) in [5.74, 6) is 2.67. The monoisotopic (exact) mass is 541 g/mol. The number of rotatable bonds is 8. The second-order valence-electron chi connectivity index (χ2n) is 6.16. The number of nitrogens with zero attached hydrogens (tertiary/aromatic N) is 3. The molecular weight excluding hydrogens is 517 g/mol. The Bertz CT molecular complexity index is 947. The van der Waals surface area contributed by atoms with Gasteiger partial charge in [-0.1, -0.05) is 35.0 Å². The van der Waals surface area contributed by atoms with E-state index < -0.39 is 0 Å². The molecular formula is C21H25ClIN5O2. The van der Waals surface area contributed by atoms with Crippen LogP contribution in [0, 0.1) is 0 Å². The third kappa shape index (κ3) is 6.88. The highest BCUT2D eigenvalue weighted by Gasteiger charge is 2.09. The van der Waals surface area contributed by atoms with Crippen LogP contribution in [0.1, 0.15) is 18.4 Å². The summed E-state index contributed by atoms with van der Waals surface area (Å²) in [5.41, 5.74) is 1.93. The largest absolute Gasteiger partial charge is 0.494 e. The van der Waals surface area contributed by atoms with Gasteiger partial charge in [0.15, 0.2) is 5.96 Å². The fourth-order valence-corrected chi connectivity index (χ4v) is 2.83. The molecule has 0 saturated carbocycles. The number of ether oxygens (including phenoxy) is 1. The van der Waals surface area contributed by atoms with Gasteiger partial charge in [-0.15, -0.1) is 24.0 Å². The quantitative estimate of drug-likeness (QED) is 0.251. The van der Waals surface area contributed by atoms with Crippen LogP contribution in [-0.4, -0.2) is 36.3 Å². The lowest BCUT2D eigenvalue weighted by molar-refractivity contribution is 0.336. The van der Waals surface area contributed by atoms with E-state index in [1.807, 2.05) is 43.3 Å². The number of halogens is 2. The van der Waals surface area contributed by atoms with Gasteiger partial charge in [0.25, 0.3) is 0 Å². The first-order valence-electron chi connectivity index (χ1n) is 9.43. The summed E-state index contributed by atoms with van der Waals surface area (Å²) in [7, 11) is 1.73. The van der Waals surface area contributed by atoms with Gasteiger partial charge in [0.2, 0.25) is 11.7 Å². The fourth-order valence-electron chi connectivity index (χ4n) is 2.71. The van der Waals surface area contributed by atoms with E-state index in [1.54, 1.807) is 19.2 Å². The van der Waals surface area contributed by atoms with Crippen LogP contribution in [0.25, 0.3) is 11.4 Å². The Labute approximate surface area is 198 Å². The second-order valence-corrected chi connectivity index (χ2v) is 6.60. The van der Waals surface area contributed by atoms with Crippen molar-refractivity contribution in [1.29, 1.82) is 0 Å². The lowest BCUT2D eigenvalue weighted by Gasteiger charge is -2.13. The highest BCUT2D eigenvalue weighted by molar-refractivity contribution is 14.0. The Morgan fingerprint density at radius 2 is 1.90 bits per heavy atom. The molecule has 0 aliphatic heterocycles. The molecule has 2 aromatic carbocycles. The standard InChI is InChI=1S/C21H24ClN5O2.HI/c1-3-28-18-7-5-4-6-16(18)14-25-21(23-2)24-13-12-19-26-20(27-29-19)15-8-10-17(22)11-9-15;/h4-11H,3,12-14H2,1-2H3,(H2,23,24,25);1H. The molecule has 0 radical (unpaired) electrons. The van der Waals surface area contributed by atoms with Gasteiger partial charge in [-0.25, -0.2) is 0 Å². The van der Waals surface area contributed by atoms with Crippen molar-refractivity contribution in [3.63, 3.8) is 0 Å². The minimum Gasteiger partial charge on any atom is -0.494 e. The minimum atomic E-state index is 0. The van der Waals surface area contributed by atoms with Crippen molar-refractivity contribution < 1.29 is 9.26 Å². The van der Waals surface area contributed by atoms with Crippen molar-refractivity contribution in [2.75, 3.05) is 20.2 Å². The van der Waals surface area contributed by atoms with Crippen molar-refractivity contribution in [1.82, 2.24) is 20.8 Å². The molecule has 9 heteroatoms. The topological polar surface area (TPSA) is 84.6 Å². The lowest BCUT2D eigenvalue weighted by Crippen LogP contribution is -2.38. The summed E-state index contributed by atoms with van der Waals surface area (Å²) < 4.78 is 11.0. The summed E-state index contributed by atoms with van der Waals surface area (Å²) in [6, 6.07) is 15.3. The number of hydrogen-bond donors (Lipinski definition) is 2. The molecule has 3 rings (SSSR count). The third-order valence-corrected chi connectivity index (χ3v) is 4.40. The van der Waals surface area contributed by atoms with Crippen molar-refractivity contribution in [3.8, 4) is 17.1 Å². The molecule has 3 aromatic rings. The van der Waals surface area contributed by atoms with Crippen LogP contribution in [0.3, 0.4) is 0 Å². The van der Waals surface area contributed by atoms with Gasteiger partial charge < -0.3 is 19.9 Å². The summed E-state index contributed by atoms with van der Waals surface area (Å²) in [6.45, 7) is 3.82. The number of para-hydroxylation sites is 1. The predicted molar refractivity (Wildman–Crippen MR) is 130 cm³/mol. The Morgan fingerprint density at radius 3 is 2.63 bits per heavy atom. The molecule has 1 heterocycles. The zero-order valence-corrected chi connectivity index (χ0v) is 20.0. The van der Waals surface area contributed by atoms with Crippen molar-refractivity contribution >= 4 is 41.5 Å². The summed E-state index contributed by atoms with van der Waals surface area (Å²) >= 11 is 5.91. The van der Waals surface area contributed by atoms with Gasteiger partial charge in [-0.2, -0.15) is 4.98 Å². The van der Waals surface area contributed by atoms with Crippen LogP contribution in [-0.2, 0) is 13.0 Å². The van der Waals surface area contributed by atoms with E-state index in [9.17, 15) is 0 Å². The van der Waals surface area contributed by atoms with Gasteiger partial charge >= 0.3 is 0 Å². The number of benzene rings is 2. The first kappa shape index (κ1) is 23.9. The van der Waals surface area contributed by atoms with E-state index in [0.717, 1.165) is 16.9 Å². The Kier molecular flexibility index (Phi) is 9.88. The molecule has 0 unspecified atom stereocenters. The van der Waals surface area contributed by atoms with Gasteiger partial charge in [0.05, 0.1) is 6.61 Å². The Balaban J connectivity index is 0.00000320. The van der Waals surface area contributed by atoms with Gasteiger partial charge in [0, 0.05) is 42.7 Å². The van der Waals surface area contributed by atoms with Gasteiger partial charge in [0.1, 0.15) is 5.75 Å². The van der Waals surface area contributed by atoms with Crippen LogP contribution >= 0.6 is 35.6 Å². The van der Waals surface area contributed by atoms with E-state index in [1.165, 1.54) is 0 Å². The first-order chi connectivity index (χ1) is 14.2. The predicted octanol–water partition coefficient (Wildman–Crippen LogP) is 4.31. The third-order valence-electron chi connectivity index (χ3n) is 4.14. The number of guanidine groups is 1. The van der Waals surface area contributed by atoms with Crippen molar-refractivity contribution in [2.45, 2.75) is 19.9 Å². The molecule has 160 valence electrons. The summed E-state index contributed by atoms with van der Waals surface area (Å²) in [4.78, 5) is 8.67. The SMILES string of the molecule is CCOc1ccccc1CNC(=NC)NCCc1nc(-c2ccc(Cl)cc2)no1.I. The van der Waals surface area contributed by atoms with E-state index in [2.05, 4.69) is 25.8 Å². The highest BCUT2D eigenvalue weighted by Crippen LogP contribution is 2.19. The van der Waals surface area contributed by atoms with Crippen LogP contribution < -0.4 is 15.4 Å². The zero-order valence-electron chi connectivity index (χ0n) is 16.9. The highest BCUT2D eigenvalue weighted by atomic mass is 127. The molecule has 0 amide bonds. The maximum absolute atomic E-state index is 5.91. The molecule has 0 spiro atoms. The Morgan fingerprint density at radius 1 is 1.13 bits per heavy atom. The van der Waals surface area contributed by atoms with Gasteiger partial charge in [-0.05, 0) is 37.3 Å². The molecule has 0 atom stereocenters. The maximum Gasteiger partial charge on any atom is 0.228 e. The normalized spacial score (nSPS) is 11.0. The fraction of sp³-hybridized carbons (Fsp3) is 0.286. The second kappa shape index (κ2) is 12.4. The first-order valence-corrected chi connectivity index (χ1v) is 9.81. The van der Waals surface area contributed by atoms with E-state index >= 15 is 0 Å². The minimum absolute atomic E-state index is 0. The molecule has 0 fully saturated rings. The molecule has 0 bridgehead atoms. The van der Waals surface area contributed by atoms with Gasteiger partial charge in [-0.3, -0.25) is 4.99 Å². The van der Waals surface area contributed by atoms with Crippen LogP contribution in [0.15, 0.2) is 58.0 Å². The molecule has 30 heavy (non-hydrogen) atoms. The van der Waals surface area contributed by atoms with Crippen molar-refractivity contribution in [3.05, 3.63) is 65.0 Å². The van der Waals surface area contributed by atoms with E-state index in [4.69, 9.17) is 20.9 Å². The van der Waals surface area contributed by atoms with Crippen molar-refractivity contribution in [2.24, 2.45) is 4.99 Å². The molecule has 1 aromatic heterocycles. The summed E-state index contributed by atoms with van der Waals surface area (Å²) in [6.07, 6.45) is 0.580. The van der Waals surface area contributed by atoms with E-state index in [0.29, 0.717) is 48.8 Å². The average Bonchev–Trinajstić information content (AvgIpc) is 3.21.